The first kappa shape index (κ1) is 11.4. The minimum Gasteiger partial charge on any atom is -0.325 e. The van der Waals surface area contributed by atoms with Crippen LogP contribution in [0.5, 0.6) is 0 Å². The highest BCUT2D eigenvalue weighted by Gasteiger charge is 2.20. The van der Waals surface area contributed by atoms with Crippen LogP contribution < -0.4 is 5.73 Å². The first-order valence-corrected chi connectivity index (χ1v) is 6.05. The lowest BCUT2D eigenvalue weighted by Gasteiger charge is -1.97. The Morgan fingerprint density at radius 2 is 2.44 bits per heavy atom. The van der Waals surface area contributed by atoms with Crippen molar-refractivity contribution in [3.63, 3.8) is 0 Å². The molecule has 0 aliphatic carbocycles. The monoisotopic (exact) mass is 301 g/mol. The minimum absolute atomic E-state index is 0.213. The minimum atomic E-state index is -0.213. The molecular weight excluding hydrogens is 294 g/mol. The molecular formula is C8H8BrN5OS. The smallest absolute Gasteiger partial charge is 0.233 e. The van der Waals surface area contributed by atoms with Crippen LogP contribution in [0.4, 0.5) is 0 Å². The van der Waals surface area contributed by atoms with Gasteiger partial charge in [0, 0.05) is 19.0 Å². The predicted molar refractivity (Wildman–Crippen MR) is 62.1 cm³/mol. The Morgan fingerprint density at radius 3 is 2.94 bits per heavy atom. The third-order valence-electron chi connectivity index (χ3n) is 1.96. The molecule has 2 aromatic heterocycles. The standard InChI is InChI=1S/C8H8BrN5OS/c1-14-6(8(9)12-13-14)7(15)4-3-16-5(2-10)11-4/h3H,2,10H2,1H3. The van der Waals surface area contributed by atoms with Crippen molar-refractivity contribution < 1.29 is 4.79 Å². The van der Waals surface area contributed by atoms with Crippen LogP contribution in [0.15, 0.2) is 9.98 Å². The Kier molecular flexibility index (Phi) is 3.13. The molecule has 2 rings (SSSR count). The van der Waals surface area contributed by atoms with Gasteiger partial charge in [0.05, 0.1) is 0 Å². The molecule has 0 aliphatic heterocycles. The molecule has 0 saturated carbocycles. The summed E-state index contributed by atoms with van der Waals surface area (Å²) in [6.07, 6.45) is 0. The van der Waals surface area contributed by atoms with Crippen molar-refractivity contribution in [2.45, 2.75) is 6.54 Å². The van der Waals surface area contributed by atoms with Crippen molar-refractivity contribution in [1.82, 2.24) is 20.0 Å². The van der Waals surface area contributed by atoms with Gasteiger partial charge >= 0.3 is 0 Å². The number of thiazole rings is 1. The highest BCUT2D eigenvalue weighted by Crippen LogP contribution is 2.18. The summed E-state index contributed by atoms with van der Waals surface area (Å²) in [5, 5.41) is 9.90. The van der Waals surface area contributed by atoms with Crippen molar-refractivity contribution >= 4 is 33.0 Å². The topological polar surface area (TPSA) is 86.7 Å². The van der Waals surface area contributed by atoms with Crippen molar-refractivity contribution in [3.8, 4) is 0 Å². The van der Waals surface area contributed by atoms with Gasteiger partial charge in [0.25, 0.3) is 0 Å². The highest BCUT2D eigenvalue weighted by atomic mass is 79.9. The molecule has 0 spiro atoms. The molecule has 16 heavy (non-hydrogen) atoms. The van der Waals surface area contributed by atoms with Crippen LogP contribution in [0.3, 0.4) is 0 Å². The molecule has 0 unspecified atom stereocenters. The number of carbonyl (C=O) groups is 1. The van der Waals surface area contributed by atoms with Crippen molar-refractivity contribution in [2.24, 2.45) is 12.8 Å². The predicted octanol–water partition coefficient (Wildman–Crippen LogP) is 0.724. The van der Waals surface area contributed by atoms with E-state index in [0.29, 0.717) is 22.5 Å². The summed E-state index contributed by atoms with van der Waals surface area (Å²) in [6.45, 7) is 0.336. The SMILES string of the molecule is Cn1nnc(Br)c1C(=O)c1csc(CN)n1. The number of aromatic nitrogens is 4. The zero-order valence-electron chi connectivity index (χ0n) is 8.35. The highest BCUT2D eigenvalue weighted by molar-refractivity contribution is 9.10. The number of ketones is 1. The lowest BCUT2D eigenvalue weighted by atomic mass is 10.2. The molecule has 0 bridgehead atoms. The molecule has 0 radical (unpaired) electrons. The van der Waals surface area contributed by atoms with E-state index in [1.54, 1.807) is 12.4 Å². The summed E-state index contributed by atoms with van der Waals surface area (Å²) >= 11 is 4.54. The number of hydrogen-bond acceptors (Lipinski definition) is 6. The van der Waals surface area contributed by atoms with Crippen LogP contribution in [0.2, 0.25) is 0 Å². The number of aryl methyl sites for hydroxylation is 1. The number of nitrogens with two attached hydrogens (primary N) is 1. The molecule has 84 valence electrons. The molecule has 0 atom stereocenters. The molecule has 6 nitrogen and oxygen atoms in total. The van der Waals surface area contributed by atoms with Crippen molar-refractivity contribution in [3.05, 3.63) is 26.4 Å². The van der Waals surface area contributed by atoms with Gasteiger partial charge in [0.2, 0.25) is 5.78 Å². The maximum Gasteiger partial charge on any atom is 0.233 e. The normalized spacial score (nSPS) is 10.7. The van der Waals surface area contributed by atoms with E-state index in [1.165, 1.54) is 16.0 Å². The van der Waals surface area contributed by atoms with E-state index in [0.717, 1.165) is 5.01 Å². The lowest BCUT2D eigenvalue weighted by molar-refractivity contribution is 0.102. The Labute approximate surface area is 104 Å². The molecule has 2 heterocycles. The van der Waals surface area contributed by atoms with E-state index < -0.39 is 0 Å². The fraction of sp³-hybridized carbons (Fsp3) is 0.250. The van der Waals surface area contributed by atoms with Gasteiger partial charge < -0.3 is 5.73 Å². The van der Waals surface area contributed by atoms with Gasteiger partial charge in [0.1, 0.15) is 16.4 Å². The largest absolute Gasteiger partial charge is 0.325 e. The average Bonchev–Trinajstić information content (AvgIpc) is 2.85. The fourth-order valence-electron chi connectivity index (χ4n) is 1.20. The van der Waals surface area contributed by atoms with Gasteiger partial charge in [-0.2, -0.15) is 0 Å². The summed E-state index contributed by atoms with van der Waals surface area (Å²) in [7, 11) is 1.65. The van der Waals surface area contributed by atoms with Crippen LogP contribution in [0, 0.1) is 0 Å². The van der Waals surface area contributed by atoms with Crippen LogP contribution >= 0.6 is 27.3 Å². The van der Waals surface area contributed by atoms with Crippen LogP contribution in [-0.2, 0) is 13.6 Å². The number of rotatable bonds is 3. The van der Waals surface area contributed by atoms with Crippen LogP contribution in [-0.4, -0.2) is 25.8 Å². The molecule has 2 aromatic rings. The number of carbonyl (C=O) groups excluding carboxylic acids is 1. The second-order valence-electron chi connectivity index (χ2n) is 3.01. The van der Waals surface area contributed by atoms with E-state index in [9.17, 15) is 4.79 Å². The Balaban J connectivity index is 2.39. The van der Waals surface area contributed by atoms with Gasteiger partial charge in [-0.3, -0.25) is 4.79 Å². The first-order chi connectivity index (χ1) is 7.63. The van der Waals surface area contributed by atoms with E-state index >= 15 is 0 Å². The van der Waals surface area contributed by atoms with E-state index in [1.807, 2.05) is 0 Å². The summed E-state index contributed by atoms with van der Waals surface area (Å²) in [5.41, 5.74) is 6.19. The van der Waals surface area contributed by atoms with Gasteiger partial charge in [-0.1, -0.05) is 5.21 Å². The number of hydrogen-bond donors (Lipinski definition) is 1. The zero-order chi connectivity index (χ0) is 11.7. The van der Waals surface area contributed by atoms with Crippen LogP contribution in [0.25, 0.3) is 0 Å². The van der Waals surface area contributed by atoms with Gasteiger partial charge in [-0.15, -0.1) is 16.4 Å². The number of nitrogens with zero attached hydrogens (tertiary/aromatic N) is 4. The van der Waals surface area contributed by atoms with Gasteiger partial charge in [-0.05, 0) is 15.9 Å². The fourth-order valence-corrected chi connectivity index (χ4v) is 2.37. The van der Waals surface area contributed by atoms with Crippen LogP contribution in [0.1, 0.15) is 21.2 Å². The second kappa shape index (κ2) is 4.40. The Hall–Kier alpha value is -1.12. The van der Waals surface area contributed by atoms with Gasteiger partial charge in [0.15, 0.2) is 4.60 Å². The summed E-state index contributed by atoms with van der Waals surface area (Å²) < 4.78 is 1.83. The van der Waals surface area contributed by atoms with Crippen molar-refractivity contribution in [1.29, 1.82) is 0 Å². The van der Waals surface area contributed by atoms with Crippen molar-refractivity contribution in [2.75, 3.05) is 0 Å². The van der Waals surface area contributed by atoms with E-state index in [4.69, 9.17) is 5.73 Å². The van der Waals surface area contributed by atoms with Gasteiger partial charge in [-0.25, -0.2) is 9.67 Å². The average molecular weight is 302 g/mol. The third kappa shape index (κ3) is 1.91. The molecule has 0 amide bonds. The molecule has 0 saturated heterocycles. The molecule has 0 fully saturated rings. The maximum atomic E-state index is 12.1. The van der Waals surface area contributed by atoms with E-state index in [2.05, 4.69) is 31.2 Å². The first-order valence-electron chi connectivity index (χ1n) is 4.38. The zero-order valence-corrected chi connectivity index (χ0v) is 10.7. The summed E-state index contributed by atoms with van der Waals surface area (Å²) in [5.74, 6) is -0.213. The van der Waals surface area contributed by atoms with E-state index in [-0.39, 0.29) is 5.78 Å². The second-order valence-corrected chi connectivity index (χ2v) is 4.71. The number of halogens is 1. The summed E-state index contributed by atoms with van der Waals surface area (Å²) in [6, 6.07) is 0. The molecule has 0 aliphatic rings. The maximum absolute atomic E-state index is 12.1. The Morgan fingerprint density at radius 1 is 1.69 bits per heavy atom. The third-order valence-corrected chi connectivity index (χ3v) is 3.37. The molecule has 2 N–H and O–H groups in total. The molecule has 8 heteroatoms. The quantitative estimate of drug-likeness (QED) is 0.844. The Bertz CT molecular complexity index is 515. The molecule has 0 aromatic carbocycles. The lowest BCUT2D eigenvalue weighted by Crippen LogP contribution is -2.09. The summed E-state index contributed by atoms with van der Waals surface area (Å²) in [4.78, 5) is 16.2.